The fourth-order valence-electron chi connectivity index (χ4n) is 7.35. The van der Waals surface area contributed by atoms with Gasteiger partial charge in [-0.3, -0.25) is 14.7 Å². The molecule has 3 fully saturated rings. The number of hydrogen-bond donors (Lipinski definition) is 0. The van der Waals surface area contributed by atoms with E-state index in [1.165, 1.54) is 6.07 Å². The van der Waals surface area contributed by atoms with Gasteiger partial charge < -0.3 is 14.4 Å². The molecule has 0 unspecified atom stereocenters. The minimum absolute atomic E-state index is 0.0321. The molecule has 9 heteroatoms. The molecule has 1 aromatic rings. The van der Waals surface area contributed by atoms with E-state index >= 15 is 0 Å². The Kier molecular flexibility index (Phi) is 6.87. The summed E-state index contributed by atoms with van der Waals surface area (Å²) >= 11 is 0. The van der Waals surface area contributed by atoms with Gasteiger partial charge in [0, 0.05) is 57.2 Å². The molecule has 6 nitrogen and oxygen atoms in total. The fourth-order valence-corrected chi connectivity index (χ4v) is 7.35. The highest BCUT2D eigenvalue weighted by molar-refractivity contribution is 5.84. The molecule has 4 aliphatic rings. The Morgan fingerprint density at radius 1 is 1.37 bits per heavy atom. The van der Waals surface area contributed by atoms with Gasteiger partial charge in [0.1, 0.15) is 0 Å². The van der Waals surface area contributed by atoms with Crippen molar-refractivity contribution in [2.24, 2.45) is 11.3 Å². The van der Waals surface area contributed by atoms with Crippen LogP contribution >= 0.6 is 0 Å². The predicted octanol–water partition coefficient (Wildman–Crippen LogP) is 4.06. The first-order valence-electron chi connectivity index (χ1n) is 13.0. The predicted molar refractivity (Wildman–Crippen MR) is 124 cm³/mol. The molecular weight excluding hydrogens is 459 g/mol. The van der Waals surface area contributed by atoms with Gasteiger partial charge in [0.2, 0.25) is 5.91 Å². The second kappa shape index (κ2) is 9.63. The zero-order valence-corrected chi connectivity index (χ0v) is 20.6. The van der Waals surface area contributed by atoms with Gasteiger partial charge in [0.15, 0.2) is 0 Å². The van der Waals surface area contributed by atoms with Gasteiger partial charge in [-0.05, 0) is 56.2 Å². The van der Waals surface area contributed by atoms with Gasteiger partial charge >= 0.3 is 6.18 Å². The molecule has 1 aromatic heterocycles. The molecular formula is C26H36F3N3O3. The summed E-state index contributed by atoms with van der Waals surface area (Å²) in [7, 11) is 1.74. The van der Waals surface area contributed by atoms with Gasteiger partial charge in [-0.15, -0.1) is 0 Å². The summed E-state index contributed by atoms with van der Waals surface area (Å²) in [4.78, 5) is 22.5. The van der Waals surface area contributed by atoms with Crippen LogP contribution in [-0.4, -0.2) is 72.3 Å². The Balaban J connectivity index is 1.35. The highest BCUT2D eigenvalue weighted by atomic mass is 19.4. The van der Waals surface area contributed by atoms with Gasteiger partial charge in [-0.2, -0.15) is 13.2 Å². The Labute approximate surface area is 205 Å². The molecule has 5 atom stereocenters. The molecule has 0 N–H and O–H groups in total. The van der Waals surface area contributed by atoms with Crippen LogP contribution < -0.4 is 0 Å². The maximum atomic E-state index is 14.1. The lowest BCUT2D eigenvalue weighted by Crippen LogP contribution is -2.53. The van der Waals surface area contributed by atoms with E-state index in [0.717, 1.165) is 57.9 Å². The maximum absolute atomic E-state index is 14.1. The number of alkyl halides is 3. The summed E-state index contributed by atoms with van der Waals surface area (Å²) in [5.41, 5.74) is 0.0544. The van der Waals surface area contributed by atoms with Crippen LogP contribution in [0.15, 0.2) is 12.3 Å². The normalized spacial score (nSPS) is 33.1. The number of aromatic nitrogens is 1. The van der Waals surface area contributed by atoms with Crippen molar-refractivity contribution in [3.05, 3.63) is 29.1 Å². The second-order valence-electron chi connectivity index (χ2n) is 10.7. The third-order valence-electron chi connectivity index (χ3n) is 9.03. The van der Waals surface area contributed by atoms with Crippen molar-refractivity contribution in [1.82, 2.24) is 14.8 Å². The topological polar surface area (TPSA) is 54.9 Å². The van der Waals surface area contributed by atoms with Crippen LogP contribution in [0.5, 0.6) is 0 Å². The van der Waals surface area contributed by atoms with Gasteiger partial charge in [-0.1, -0.05) is 13.3 Å². The van der Waals surface area contributed by atoms with Crippen LogP contribution in [0.25, 0.3) is 0 Å². The number of likely N-dealkylation sites (N-methyl/N-ethyl adjacent to an activating group) is 1. The summed E-state index contributed by atoms with van der Waals surface area (Å²) in [6, 6.07) is 1.77. The smallest absolute Gasteiger partial charge is 0.379 e. The highest BCUT2D eigenvalue weighted by Crippen LogP contribution is 2.57. The van der Waals surface area contributed by atoms with E-state index in [0.29, 0.717) is 42.8 Å². The number of rotatable bonds is 5. The van der Waals surface area contributed by atoms with Crippen molar-refractivity contribution in [1.29, 1.82) is 0 Å². The van der Waals surface area contributed by atoms with E-state index in [9.17, 15) is 18.0 Å². The van der Waals surface area contributed by atoms with Crippen LogP contribution in [0, 0.1) is 11.3 Å². The average Bonchev–Trinajstić information content (AvgIpc) is 3.42. The number of halogens is 3. The summed E-state index contributed by atoms with van der Waals surface area (Å²) in [5, 5.41) is 0. The van der Waals surface area contributed by atoms with E-state index in [4.69, 9.17) is 9.47 Å². The lowest BCUT2D eigenvalue weighted by atomic mass is 9.78. The van der Waals surface area contributed by atoms with Crippen molar-refractivity contribution in [2.75, 3.05) is 33.4 Å². The Morgan fingerprint density at radius 3 is 2.94 bits per heavy atom. The lowest BCUT2D eigenvalue weighted by molar-refractivity contribution is -0.145. The molecule has 0 radical (unpaired) electrons. The molecule has 2 aliphatic carbocycles. The number of carbonyl (C=O) groups excluding carboxylic acids is 1. The molecule has 194 valence electrons. The van der Waals surface area contributed by atoms with E-state index in [-0.39, 0.29) is 24.6 Å². The first-order valence-corrected chi connectivity index (χ1v) is 13.0. The van der Waals surface area contributed by atoms with Crippen molar-refractivity contribution >= 4 is 5.91 Å². The second-order valence-corrected chi connectivity index (χ2v) is 10.7. The largest absolute Gasteiger partial charge is 0.417 e. The van der Waals surface area contributed by atoms with Crippen LogP contribution in [-0.2, 0) is 33.4 Å². The van der Waals surface area contributed by atoms with Crippen molar-refractivity contribution in [3.63, 3.8) is 0 Å². The number of pyridine rings is 1. The van der Waals surface area contributed by atoms with Crippen LogP contribution in [0.2, 0.25) is 0 Å². The maximum Gasteiger partial charge on any atom is 0.417 e. The summed E-state index contributed by atoms with van der Waals surface area (Å²) < 4.78 is 51.1. The Hall–Kier alpha value is -1.71. The zero-order chi connectivity index (χ0) is 24.8. The van der Waals surface area contributed by atoms with Crippen molar-refractivity contribution in [3.8, 4) is 0 Å². The number of methoxy groups -OCH3 is 1. The standard InChI is InChI=1S/C26H36F3N3O3/c1-3-32(22-7-10-35-16-23(22)34-2)20-12-18-5-4-8-25(18,13-20)24(33)31-9-6-21-17(15-31)11-19(14-30-21)26(27,28)29/h11,14,18,20,22-23H,3-10,12-13,15-16H2,1-2H3/t18-,20-,22+,23-,25-/m1/s1. The molecule has 35 heavy (non-hydrogen) atoms. The van der Waals surface area contributed by atoms with E-state index < -0.39 is 17.2 Å². The number of fused-ring (bicyclic) bond motifs is 2. The molecule has 0 spiro atoms. The van der Waals surface area contributed by atoms with E-state index in [1.54, 1.807) is 7.11 Å². The summed E-state index contributed by atoms with van der Waals surface area (Å²) in [6.07, 6.45) is 2.71. The quantitative estimate of drug-likeness (QED) is 0.617. The molecule has 2 aliphatic heterocycles. The molecule has 0 bridgehead atoms. The molecule has 1 amide bonds. The highest BCUT2D eigenvalue weighted by Gasteiger charge is 2.57. The van der Waals surface area contributed by atoms with Crippen molar-refractivity contribution < 1.29 is 27.4 Å². The van der Waals surface area contributed by atoms with Crippen LogP contribution in [0.3, 0.4) is 0 Å². The number of ether oxygens (including phenoxy) is 2. The first-order chi connectivity index (χ1) is 16.8. The van der Waals surface area contributed by atoms with Gasteiger partial charge in [0.25, 0.3) is 0 Å². The Bertz CT molecular complexity index is 942. The molecule has 3 heterocycles. The van der Waals surface area contributed by atoms with Crippen molar-refractivity contribution in [2.45, 2.75) is 82.8 Å². The monoisotopic (exact) mass is 495 g/mol. The average molecular weight is 496 g/mol. The number of amides is 1. The van der Waals surface area contributed by atoms with E-state index in [2.05, 4.69) is 16.8 Å². The molecule has 5 rings (SSSR count). The van der Waals surface area contributed by atoms with Crippen LogP contribution in [0.4, 0.5) is 13.2 Å². The number of nitrogens with zero attached hydrogens (tertiary/aromatic N) is 3. The molecule has 2 saturated carbocycles. The third kappa shape index (κ3) is 4.48. The van der Waals surface area contributed by atoms with Gasteiger partial charge in [0.05, 0.1) is 23.7 Å². The first kappa shape index (κ1) is 25.0. The Morgan fingerprint density at radius 2 is 2.20 bits per heavy atom. The minimum atomic E-state index is -4.43. The lowest BCUT2D eigenvalue weighted by Gasteiger charge is -2.42. The fraction of sp³-hybridized carbons (Fsp3) is 0.769. The van der Waals surface area contributed by atoms with Crippen LogP contribution in [0.1, 0.15) is 62.3 Å². The number of carbonyl (C=O) groups is 1. The zero-order valence-electron chi connectivity index (χ0n) is 20.6. The SMILES string of the molecule is CCN([C@@H]1C[C@H]2CCC[C@@]2(C(=O)N2CCc3ncc(C(F)(F)F)cc3C2)C1)[C@H]1CCOC[C@H]1OC. The molecule has 0 aromatic carbocycles. The van der Waals surface area contributed by atoms with Gasteiger partial charge in [-0.25, -0.2) is 0 Å². The molecule has 1 saturated heterocycles. The summed E-state index contributed by atoms with van der Waals surface area (Å²) in [5.74, 6) is 0.466. The minimum Gasteiger partial charge on any atom is -0.379 e. The number of hydrogen-bond acceptors (Lipinski definition) is 5. The summed E-state index contributed by atoms with van der Waals surface area (Å²) in [6.45, 7) is 5.13. The van der Waals surface area contributed by atoms with E-state index in [1.807, 2.05) is 4.90 Å². The third-order valence-corrected chi connectivity index (χ3v) is 9.03.